The SMILES string of the molecule is CC(=O)NNC(=O)COc1cccc2c1NCCC2. The highest BCUT2D eigenvalue weighted by atomic mass is 16.5. The van der Waals surface area contributed by atoms with Gasteiger partial charge in [0.25, 0.3) is 5.91 Å². The summed E-state index contributed by atoms with van der Waals surface area (Å²) in [6.07, 6.45) is 2.11. The number of rotatable bonds is 3. The molecule has 1 aliphatic rings. The highest BCUT2D eigenvalue weighted by Gasteiger charge is 2.14. The summed E-state index contributed by atoms with van der Waals surface area (Å²) in [5.74, 6) is -0.0640. The van der Waals surface area contributed by atoms with Gasteiger partial charge in [-0.1, -0.05) is 12.1 Å². The second-order valence-corrected chi connectivity index (χ2v) is 4.34. The van der Waals surface area contributed by atoms with Crippen molar-refractivity contribution in [2.24, 2.45) is 0 Å². The Kier molecular flexibility index (Phi) is 4.22. The fourth-order valence-electron chi connectivity index (χ4n) is 1.94. The van der Waals surface area contributed by atoms with Crippen LogP contribution < -0.4 is 20.9 Å². The molecule has 0 aliphatic carbocycles. The molecular weight excluding hydrogens is 246 g/mol. The molecule has 0 saturated heterocycles. The Hall–Kier alpha value is -2.24. The molecule has 3 N–H and O–H groups in total. The zero-order valence-electron chi connectivity index (χ0n) is 10.8. The molecular formula is C13H17N3O3. The highest BCUT2D eigenvalue weighted by Crippen LogP contribution is 2.31. The summed E-state index contributed by atoms with van der Waals surface area (Å²) in [5, 5.41) is 3.28. The third kappa shape index (κ3) is 3.61. The van der Waals surface area contributed by atoms with E-state index in [1.165, 1.54) is 12.5 Å². The van der Waals surface area contributed by atoms with Gasteiger partial charge in [-0.3, -0.25) is 20.4 Å². The van der Waals surface area contributed by atoms with Crippen LogP contribution in [0.2, 0.25) is 0 Å². The molecule has 1 aromatic rings. The Morgan fingerprint density at radius 1 is 1.37 bits per heavy atom. The number of amides is 2. The van der Waals surface area contributed by atoms with E-state index >= 15 is 0 Å². The van der Waals surface area contributed by atoms with Crippen molar-refractivity contribution >= 4 is 17.5 Å². The van der Waals surface area contributed by atoms with Gasteiger partial charge in [0.2, 0.25) is 5.91 Å². The zero-order valence-corrected chi connectivity index (χ0v) is 10.8. The van der Waals surface area contributed by atoms with Crippen molar-refractivity contribution in [3.05, 3.63) is 23.8 Å². The lowest BCUT2D eigenvalue weighted by Gasteiger charge is -2.21. The van der Waals surface area contributed by atoms with Crippen LogP contribution in [0.15, 0.2) is 18.2 Å². The summed E-state index contributed by atoms with van der Waals surface area (Å²) in [5.41, 5.74) is 6.62. The second-order valence-electron chi connectivity index (χ2n) is 4.34. The predicted molar refractivity (Wildman–Crippen MR) is 70.7 cm³/mol. The van der Waals surface area contributed by atoms with Crippen LogP contribution in [0, 0.1) is 0 Å². The van der Waals surface area contributed by atoms with Gasteiger partial charge in [-0.15, -0.1) is 0 Å². The molecule has 0 fully saturated rings. The van der Waals surface area contributed by atoms with E-state index in [9.17, 15) is 9.59 Å². The van der Waals surface area contributed by atoms with Crippen LogP contribution in [0.1, 0.15) is 18.9 Å². The number of benzene rings is 1. The molecule has 2 rings (SSSR count). The molecule has 1 aliphatic heterocycles. The molecule has 0 atom stereocenters. The van der Waals surface area contributed by atoms with Crippen LogP contribution in [-0.4, -0.2) is 25.0 Å². The molecule has 0 spiro atoms. The van der Waals surface area contributed by atoms with E-state index in [2.05, 4.69) is 16.2 Å². The van der Waals surface area contributed by atoms with Crippen LogP contribution in [0.3, 0.4) is 0 Å². The molecule has 2 amide bonds. The van der Waals surface area contributed by atoms with Crippen molar-refractivity contribution < 1.29 is 14.3 Å². The number of anilines is 1. The van der Waals surface area contributed by atoms with Gasteiger partial charge in [-0.2, -0.15) is 0 Å². The molecule has 19 heavy (non-hydrogen) atoms. The molecule has 102 valence electrons. The first-order valence-corrected chi connectivity index (χ1v) is 6.21. The number of hydrogen-bond acceptors (Lipinski definition) is 4. The van der Waals surface area contributed by atoms with E-state index in [1.54, 1.807) is 0 Å². The fourth-order valence-corrected chi connectivity index (χ4v) is 1.94. The molecule has 0 unspecified atom stereocenters. The first-order valence-electron chi connectivity index (χ1n) is 6.21. The molecule has 0 saturated carbocycles. The van der Waals surface area contributed by atoms with Crippen LogP contribution in [0.5, 0.6) is 5.75 Å². The summed E-state index contributed by atoms with van der Waals surface area (Å²) < 4.78 is 5.47. The molecule has 1 heterocycles. The van der Waals surface area contributed by atoms with E-state index in [0.717, 1.165) is 25.1 Å². The number of nitrogens with one attached hydrogen (secondary N) is 3. The van der Waals surface area contributed by atoms with Gasteiger partial charge in [0.05, 0.1) is 5.69 Å². The summed E-state index contributed by atoms with van der Waals surface area (Å²) in [6.45, 7) is 2.09. The first-order chi connectivity index (χ1) is 9.16. The largest absolute Gasteiger partial charge is 0.482 e. The molecule has 0 bridgehead atoms. The minimum absolute atomic E-state index is 0.140. The van der Waals surface area contributed by atoms with E-state index in [-0.39, 0.29) is 12.5 Å². The maximum atomic E-state index is 11.4. The third-order valence-electron chi connectivity index (χ3n) is 2.77. The van der Waals surface area contributed by atoms with Gasteiger partial charge in [0.1, 0.15) is 5.75 Å². The molecule has 6 heteroatoms. The van der Waals surface area contributed by atoms with Crippen molar-refractivity contribution in [1.82, 2.24) is 10.9 Å². The first kappa shape index (κ1) is 13.2. The molecule has 1 aromatic carbocycles. The summed E-state index contributed by atoms with van der Waals surface area (Å²) in [4.78, 5) is 22.1. The van der Waals surface area contributed by atoms with Crippen molar-refractivity contribution in [3.63, 3.8) is 0 Å². The minimum atomic E-state index is -0.399. The minimum Gasteiger partial charge on any atom is -0.482 e. The number of ether oxygens (including phenoxy) is 1. The average molecular weight is 263 g/mol. The number of carbonyl (C=O) groups is 2. The predicted octanol–water partition coefficient (Wildman–Crippen LogP) is 0.591. The lowest BCUT2D eigenvalue weighted by molar-refractivity contribution is -0.129. The van der Waals surface area contributed by atoms with Gasteiger partial charge in [-0.05, 0) is 24.5 Å². The van der Waals surface area contributed by atoms with Crippen molar-refractivity contribution in [3.8, 4) is 5.75 Å². The van der Waals surface area contributed by atoms with Crippen molar-refractivity contribution in [1.29, 1.82) is 0 Å². The summed E-state index contributed by atoms with van der Waals surface area (Å²) >= 11 is 0. The molecule has 0 radical (unpaired) electrons. The summed E-state index contributed by atoms with van der Waals surface area (Å²) in [6, 6.07) is 5.78. The lowest BCUT2D eigenvalue weighted by Crippen LogP contribution is -2.42. The van der Waals surface area contributed by atoms with Crippen LogP contribution in [-0.2, 0) is 16.0 Å². The van der Waals surface area contributed by atoms with Gasteiger partial charge in [0, 0.05) is 13.5 Å². The van der Waals surface area contributed by atoms with E-state index < -0.39 is 5.91 Å². The number of carbonyl (C=O) groups excluding carboxylic acids is 2. The topological polar surface area (TPSA) is 79.5 Å². The number of fused-ring (bicyclic) bond motifs is 1. The molecule has 0 aromatic heterocycles. The molecule has 6 nitrogen and oxygen atoms in total. The standard InChI is InChI=1S/C13H17N3O3/c1-9(17)15-16-12(18)8-19-11-6-2-4-10-5-3-7-14-13(10)11/h2,4,6,14H,3,5,7-8H2,1H3,(H,15,17)(H,16,18). The number of para-hydroxylation sites is 1. The average Bonchev–Trinajstić information content (AvgIpc) is 2.42. The quantitative estimate of drug-likeness (QED) is 0.697. The Morgan fingerprint density at radius 2 is 2.21 bits per heavy atom. The van der Waals surface area contributed by atoms with Crippen molar-refractivity contribution in [2.45, 2.75) is 19.8 Å². The fraction of sp³-hybridized carbons (Fsp3) is 0.385. The third-order valence-corrected chi connectivity index (χ3v) is 2.77. The van der Waals surface area contributed by atoms with E-state index in [1.807, 2.05) is 18.2 Å². The number of hydrazine groups is 1. The number of hydrogen-bond donors (Lipinski definition) is 3. The van der Waals surface area contributed by atoms with Crippen molar-refractivity contribution in [2.75, 3.05) is 18.5 Å². The van der Waals surface area contributed by atoms with E-state index in [0.29, 0.717) is 5.75 Å². The number of aryl methyl sites for hydroxylation is 1. The Bertz CT molecular complexity index is 488. The summed E-state index contributed by atoms with van der Waals surface area (Å²) in [7, 11) is 0. The smallest absolute Gasteiger partial charge is 0.276 e. The van der Waals surface area contributed by atoms with Crippen LogP contribution in [0.25, 0.3) is 0 Å². The Morgan fingerprint density at radius 3 is 3.00 bits per heavy atom. The highest BCUT2D eigenvalue weighted by molar-refractivity contribution is 5.81. The lowest BCUT2D eigenvalue weighted by atomic mass is 10.0. The maximum absolute atomic E-state index is 11.4. The second kappa shape index (κ2) is 6.08. The van der Waals surface area contributed by atoms with Gasteiger partial charge in [0.15, 0.2) is 6.61 Å². The van der Waals surface area contributed by atoms with Crippen LogP contribution >= 0.6 is 0 Å². The van der Waals surface area contributed by atoms with Gasteiger partial charge >= 0.3 is 0 Å². The Balaban J connectivity index is 1.92. The monoisotopic (exact) mass is 263 g/mol. The Labute approximate surface area is 111 Å². The zero-order chi connectivity index (χ0) is 13.7. The normalized spacial score (nSPS) is 12.9. The van der Waals surface area contributed by atoms with Crippen LogP contribution in [0.4, 0.5) is 5.69 Å². The van der Waals surface area contributed by atoms with E-state index in [4.69, 9.17) is 4.74 Å². The van der Waals surface area contributed by atoms with Gasteiger partial charge in [-0.25, -0.2) is 0 Å². The van der Waals surface area contributed by atoms with Gasteiger partial charge < -0.3 is 10.1 Å². The maximum Gasteiger partial charge on any atom is 0.276 e.